The van der Waals surface area contributed by atoms with Gasteiger partial charge in [0, 0.05) is 39.8 Å². The van der Waals surface area contributed by atoms with Gasteiger partial charge in [-0.2, -0.15) is 5.26 Å². The lowest BCUT2D eigenvalue weighted by molar-refractivity contribution is 0.0167. The van der Waals surface area contributed by atoms with Crippen LogP contribution in [0.5, 0.6) is 5.75 Å². The van der Waals surface area contributed by atoms with E-state index in [1.165, 1.54) is 6.42 Å². The molecule has 1 N–H and O–H groups in total. The van der Waals surface area contributed by atoms with E-state index in [0.29, 0.717) is 23.1 Å². The van der Waals surface area contributed by atoms with Gasteiger partial charge >= 0.3 is 0 Å². The van der Waals surface area contributed by atoms with Crippen LogP contribution in [0.25, 0.3) is 0 Å². The maximum absolute atomic E-state index is 12.8. The molecule has 0 bridgehead atoms. The Morgan fingerprint density at radius 3 is 2.86 bits per heavy atom. The number of carbonyl (C=O) groups is 1. The number of imidazole rings is 1. The standard InChI is InChI=1S/C21H25N5O2/c1-24-14-23-9-19(24)21(28)26-6-2-3-16(13-26)18-11-25(12-18)10-15-4-5-20(27)17(7-15)8-22/h4-5,7,9,14,16,18,27H,2-3,6,10-13H2,1H3. The lowest BCUT2D eigenvalue weighted by Gasteiger charge is -2.46. The molecule has 1 unspecified atom stereocenters. The van der Waals surface area contributed by atoms with Gasteiger partial charge in [-0.3, -0.25) is 9.69 Å². The molecule has 146 valence electrons. The second-order valence-electron chi connectivity index (χ2n) is 7.96. The predicted molar refractivity (Wildman–Crippen MR) is 103 cm³/mol. The molecule has 0 spiro atoms. The van der Waals surface area contributed by atoms with E-state index in [1.807, 2.05) is 24.1 Å². The largest absolute Gasteiger partial charge is 0.507 e. The predicted octanol–water partition coefficient (Wildman–Crippen LogP) is 1.98. The number of aromatic hydroxyl groups is 1. The van der Waals surface area contributed by atoms with Gasteiger partial charge < -0.3 is 14.6 Å². The number of rotatable bonds is 4. The van der Waals surface area contributed by atoms with E-state index < -0.39 is 0 Å². The van der Waals surface area contributed by atoms with E-state index in [4.69, 9.17) is 5.26 Å². The minimum Gasteiger partial charge on any atom is -0.507 e. The SMILES string of the molecule is Cn1cncc1C(=O)N1CCCC(C2CN(Cc3ccc(O)c(C#N)c3)C2)C1. The molecule has 1 amide bonds. The summed E-state index contributed by atoms with van der Waals surface area (Å²) in [5.74, 6) is 1.26. The van der Waals surface area contributed by atoms with Gasteiger partial charge in [0.2, 0.25) is 0 Å². The molecule has 7 heteroatoms. The average molecular weight is 379 g/mol. The number of phenols is 1. The van der Waals surface area contributed by atoms with Crippen molar-refractivity contribution in [2.45, 2.75) is 19.4 Å². The summed E-state index contributed by atoms with van der Waals surface area (Å²) >= 11 is 0. The van der Waals surface area contributed by atoms with E-state index in [-0.39, 0.29) is 11.7 Å². The van der Waals surface area contributed by atoms with E-state index >= 15 is 0 Å². The highest BCUT2D eigenvalue weighted by Crippen LogP contribution is 2.32. The molecule has 0 aliphatic carbocycles. The van der Waals surface area contributed by atoms with Gasteiger partial charge in [0.05, 0.1) is 18.1 Å². The van der Waals surface area contributed by atoms with E-state index in [9.17, 15) is 9.90 Å². The summed E-state index contributed by atoms with van der Waals surface area (Å²) in [6.07, 6.45) is 5.53. The number of likely N-dealkylation sites (tertiary alicyclic amines) is 2. The quantitative estimate of drug-likeness (QED) is 0.878. The molecule has 2 aliphatic rings. The van der Waals surface area contributed by atoms with Gasteiger partial charge in [0.25, 0.3) is 5.91 Å². The molecule has 1 atom stereocenters. The molecule has 2 fully saturated rings. The summed E-state index contributed by atoms with van der Waals surface area (Å²) in [5.41, 5.74) is 2.02. The van der Waals surface area contributed by atoms with Gasteiger partial charge in [-0.1, -0.05) is 6.07 Å². The summed E-state index contributed by atoms with van der Waals surface area (Å²) < 4.78 is 1.78. The highest BCUT2D eigenvalue weighted by Gasteiger charge is 2.37. The van der Waals surface area contributed by atoms with E-state index in [1.54, 1.807) is 29.2 Å². The molecule has 1 aromatic heterocycles. The van der Waals surface area contributed by atoms with Crippen molar-refractivity contribution in [3.05, 3.63) is 47.5 Å². The lowest BCUT2D eigenvalue weighted by atomic mass is 9.80. The smallest absolute Gasteiger partial charge is 0.272 e. The average Bonchev–Trinajstić information content (AvgIpc) is 3.11. The van der Waals surface area contributed by atoms with Gasteiger partial charge in [-0.05, 0) is 42.4 Å². The van der Waals surface area contributed by atoms with Crippen LogP contribution in [0.3, 0.4) is 0 Å². The summed E-state index contributed by atoms with van der Waals surface area (Å²) in [4.78, 5) is 21.2. The van der Waals surface area contributed by atoms with Crippen molar-refractivity contribution in [2.75, 3.05) is 26.2 Å². The monoisotopic (exact) mass is 379 g/mol. The second kappa shape index (κ2) is 7.64. The van der Waals surface area contributed by atoms with Gasteiger partial charge in [-0.25, -0.2) is 4.98 Å². The van der Waals surface area contributed by atoms with Crippen LogP contribution in [0.1, 0.15) is 34.5 Å². The number of piperidine rings is 1. The van der Waals surface area contributed by atoms with Crippen LogP contribution in [0, 0.1) is 23.2 Å². The summed E-state index contributed by atoms with van der Waals surface area (Å²) in [6.45, 7) is 4.46. The molecule has 0 radical (unpaired) electrons. The van der Waals surface area contributed by atoms with Crippen molar-refractivity contribution >= 4 is 5.91 Å². The number of carbonyl (C=O) groups excluding carboxylic acids is 1. The third-order valence-corrected chi connectivity index (χ3v) is 6.02. The molecular weight excluding hydrogens is 354 g/mol. The minimum atomic E-state index is 0.0353. The molecule has 2 saturated heterocycles. The highest BCUT2D eigenvalue weighted by molar-refractivity contribution is 5.92. The molecule has 2 aromatic rings. The normalized spacial score (nSPS) is 20.6. The van der Waals surface area contributed by atoms with Crippen LogP contribution in [-0.2, 0) is 13.6 Å². The molecule has 28 heavy (non-hydrogen) atoms. The number of aryl methyl sites for hydroxylation is 1. The van der Waals surface area contributed by atoms with Crippen LogP contribution in [0.15, 0.2) is 30.7 Å². The Morgan fingerprint density at radius 2 is 2.14 bits per heavy atom. The molecule has 0 saturated carbocycles. The third-order valence-electron chi connectivity index (χ3n) is 6.02. The number of nitriles is 1. The van der Waals surface area contributed by atoms with Crippen LogP contribution in [-0.4, -0.2) is 56.5 Å². The van der Waals surface area contributed by atoms with E-state index in [0.717, 1.165) is 44.7 Å². The first-order chi connectivity index (χ1) is 13.5. The number of hydrogen-bond acceptors (Lipinski definition) is 5. The number of hydrogen-bond donors (Lipinski definition) is 1. The third kappa shape index (κ3) is 3.60. The van der Waals surface area contributed by atoms with Crippen molar-refractivity contribution < 1.29 is 9.90 Å². The molecule has 1 aromatic carbocycles. The van der Waals surface area contributed by atoms with E-state index in [2.05, 4.69) is 9.88 Å². The zero-order valence-electron chi connectivity index (χ0n) is 16.1. The van der Waals surface area contributed by atoms with Crippen molar-refractivity contribution in [2.24, 2.45) is 18.9 Å². The Kier molecular flexibility index (Phi) is 5.05. The van der Waals surface area contributed by atoms with Crippen molar-refractivity contribution in [3.8, 4) is 11.8 Å². The molecule has 3 heterocycles. The van der Waals surface area contributed by atoms with Gasteiger partial charge in [-0.15, -0.1) is 0 Å². The zero-order chi connectivity index (χ0) is 19.7. The number of aromatic nitrogens is 2. The lowest BCUT2D eigenvalue weighted by Crippen LogP contribution is -2.53. The van der Waals surface area contributed by atoms with Crippen molar-refractivity contribution in [1.82, 2.24) is 19.4 Å². The summed E-state index contributed by atoms with van der Waals surface area (Å²) in [5, 5.41) is 18.7. The maximum atomic E-state index is 12.8. The first kappa shape index (κ1) is 18.5. The van der Waals surface area contributed by atoms with Gasteiger partial charge in [0.1, 0.15) is 17.5 Å². The van der Waals surface area contributed by atoms with Crippen molar-refractivity contribution in [1.29, 1.82) is 5.26 Å². The van der Waals surface area contributed by atoms with Crippen LogP contribution >= 0.6 is 0 Å². The highest BCUT2D eigenvalue weighted by atomic mass is 16.3. The number of phenolic OH excluding ortho intramolecular Hbond substituents is 1. The fourth-order valence-electron chi connectivity index (χ4n) is 4.37. The Hall–Kier alpha value is -2.85. The molecule has 2 aliphatic heterocycles. The number of benzene rings is 1. The zero-order valence-corrected chi connectivity index (χ0v) is 16.1. The Balaban J connectivity index is 1.31. The molecule has 7 nitrogen and oxygen atoms in total. The Bertz CT molecular complexity index is 910. The Morgan fingerprint density at radius 1 is 1.32 bits per heavy atom. The summed E-state index contributed by atoms with van der Waals surface area (Å²) in [6, 6.07) is 7.25. The maximum Gasteiger partial charge on any atom is 0.272 e. The van der Waals surface area contributed by atoms with Crippen LogP contribution in [0.4, 0.5) is 0 Å². The first-order valence-electron chi connectivity index (χ1n) is 9.75. The summed E-state index contributed by atoms with van der Waals surface area (Å²) in [7, 11) is 1.85. The van der Waals surface area contributed by atoms with Crippen molar-refractivity contribution in [3.63, 3.8) is 0 Å². The second-order valence-corrected chi connectivity index (χ2v) is 7.96. The van der Waals surface area contributed by atoms with Crippen LogP contribution in [0.2, 0.25) is 0 Å². The molecular formula is C21H25N5O2. The van der Waals surface area contributed by atoms with Gasteiger partial charge in [0.15, 0.2) is 0 Å². The van der Waals surface area contributed by atoms with Crippen LogP contribution < -0.4 is 0 Å². The fourth-order valence-corrected chi connectivity index (χ4v) is 4.37. The first-order valence-corrected chi connectivity index (χ1v) is 9.75. The fraction of sp³-hybridized carbons (Fsp3) is 0.476. The minimum absolute atomic E-state index is 0.0353. The Labute approximate surface area is 164 Å². The number of nitrogens with zero attached hydrogens (tertiary/aromatic N) is 5. The molecule has 4 rings (SSSR count). The topological polar surface area (TPSA) is 85.4 Å². The number of amides is 1.